The zero-order valence-corrected chi connectivity index (χ0v) is 9.90. The summed E-state index contributed by atoms with van der Waals surface area (Å²) in [6.07, 6.45) is 0. The largest absolute Gasteiger partial charge is 1.00 e. The second-order valence-corrected chi connectivity index (χ2v) is 3.40. The minimum atomic E-state index is -1.13. The summed E-state index contributed by atoms with van der Waals surface area (Å²) in [5.41, 5.74) is 0. The average Bonchev–Trinajstić information content (AvgIpc) is 2.09. The minimum Gasteiger partial charge on any atom is -1.00 e. The van der Waals surface area contributed by atoms with E-state index in [0.717, 1.165) is 0 Å². The maximum atomic E-state index is 10.2. The Kier molecular flexibility index (Phi) is 6.42. The zero-order valence-electron chi connectivity index (χ0n) is 8.63. The molecule has 0 aliphatic rings. The van der Waals surface area contributed by atoms with E-state index in [9.17, 15) is 4.79 Å². The van der Waals surface area contributed by atoms with Crippen LogP contribution in [0.2, 0.25) is 15.2 Å². The van der Waals surface area contributed by atoms with Gasteiger partial charge in [-0.15, -0.1) is 0 Å². The van der Waals surface area contributed by atoms with Crippen molar-refractivity contribution >= 4 is 40.8 Å². The van der Waals surface area contributed by atoms with Gasteiger partial charge in [-0.05, 0) is 6.07 Å². The topological polar surface area (TPSA) is 59.4 Å². The van der Waals surface area contributed by atoms with Crippen LogP contribution in [-0.4, -0.2) is 22.7 Å². The van der Waals surface area contributed by atoms with E-state index in [2.05, 4.69) is 4.98 Å². The first kappa shape index (κ1) is 14.9. The molecular weight excluding hydrogens is 259 g/mol. The van der Waals surface area contributed by atoms with Gasteiger partial charge in [-0.1, -0.05) is 34.8 Å². The molecule has 0 saturated carbocycles. The Morgan fingerprint density at radius 1 is 1.47 bits per heavy atom. The predicted molar refractivity (Wildman–Crippen MR) is 53.5 cm³/mol. The number of carboxylic acids is 1. The summed E-state index contributed by atoms with van der Waals surface area (Å²) in [7, 11) is 0. The van der Waals surface area contributed by atoms with E-state index in [1.165, 1.54) is 6.07 Å². The molecule has 0 spiro atoms. The van der Waals surface area contributed by atoms with Crippen molar-refractivity contribution in [1.82, 2.24) is 4.98 Å². The van der Waals surface area contributed by atoms with Crippen LogP contribution in [-0.2, 0) is 4.79 Å². The van der Waals surface area contributed by atoms with Crippen LogP contribution in [0.1, 0.15) is 1.43 Å². The van der Waals surface area contributed by atoms with Gasteiger partial charge in [0.05, 0.1) is 5.02 Å². The molecule has 0 saturated heterocycles. The Balaban J connectivity index is 0. The van der Waals surface area contributed by atoms with E-state index in [1.54, 1.807) is 0 Å². The van der Waals surface area contributed by atoms with E-state index in [0.29, 0.717) is 0 Å². The number of aromatic nitrogens is 1. The first-order valence-corrected chi connectivity index (χ1v) is 4.50. The van der Waals surface area contributed by atoms with Crippen LogP contribution in [0.3, 0.4) is 0 Å². The van der Waals surface area contributed by atoms with E-state index < -0.39 is 12.6 Å². The Bertz CT molecular complexity index is 380. The van der Waals surface area contributed by atoms with Crippen LogP contribution in [0.25, 0.3) is 0 Å². The Morgan fingerprint density at radius 2 is 2.07 bits per heavy atom. The molecule has 0 aliphatic carbocycles. The Labute approximate surface area is 114 Å². The number of halogens is 3. The molecular formula is C7H5Cl3LiNO3. The maximum absolute atomic E-state index is 10.2. The molecule has 1 aromatic rings. The van der Waals surface area contributed by atoms with E-state index in [1.807, 2.05) is 0 Å². The average molecular weight is 264 g/mol. The number of ether oxygens (including phenoxy) is 1. The number of carboxylic acid groups (broad SMARTS) is 1. The number of nitrogens with zero attached hydrogens (tertiary/aromatic N) is 1. The van der Waals surface area contributed by atoms with Crippen LogP contribution in [0.5, 0.6) is 5.88 Å². The normalized spacial score (nSPS) is 9.27. The molecule has 0 unspecified atom stereocenters. The van der Waals surface area contributed by atoms with Gasteiger partial charge in [0.2, 0.25) is 5.88 Å². The van der Waals surface area contributed by atoms with Gasteiger partial charge < -0.3 is 11.3 Å². The van der Waals surface area contributed by atoms with Crippen molar-refractivity contribution in [2.45, 2.75) is 0 Å². The van der Waals surface area contributed by atoms with E-state index in [4.69, 9.17) is 44.6 Å². The molecule has 0 amide bonds. The number of hydrogen-bond donors (Lipinski definition) is 1. The van der Waals surface area contributed by atoms with Gasteiger partial charge in [-0.25, -0.2) is 4.79 Å². The van der Waals surface area contributed by atoms with Crippen molar-refractivity contribution < 1.29 is 34.9 Å². The number of hydrogen-bond acceptors (Lipinski definition) is 3. The molecule has 0 aliphatic heterocycles. The number of carbonyl (C=O) groups is 1. The van der Waals surface area contributed by atoms with Gasteiger partial charge in [-0.3, -0.25) is 0 Å². The fraction of sp³-hybridized carbons (Fsp3) is 0.143. The summed E-state index contributed by atoms with van der Waals surface area (Å²) in [6.45, 7) is -0.537. The zero-order chi connectivity index (χ0) is 10.7. The summed E-state index contributed by atoms with van der Waals surface area (Å²) in [5.74, 6) is -1.18. The van der Waals surface area contributed by atoms with Crippen molar-refractivity contribution in [2.24, 2.45) is 0 Å². The fourth-order valence-electron chi connectivity index (χ4n) is 0.660. The second kappa shape index (κ2) is 6.47. The SMILES string of the molecule is O=C(O)COc1nc(Cl)c(Cl)cc1Cl.[H-].[Li+]. The molecule has 78 valence electrons. The molecule has 4 nitrogen and oxygen atoms in total. The third kappa shape index (κ3) is 4.50. The van der Waals surface area contributed by atoms with E-state index >= 15 is 0 Å². The molecule has 0 radical (unpaired) electrons. The van der Waals surface area contributed by atoms with Gasteiger partial charge >= 0.3 is 24.8 Å². The van der Waals surface area contributed by atoms with Crippen molar-refractivity contribution in [3.05, 3.63) is 21.3 Å². The number of aliphatic carboxylic acids is 1. The van der Waals surface area contributed by atoms with Crippen molar-refractivity contribution in [2.75, 3.05) is 6.61 Å². The second-order valence-electron chi connectivity index (χ2n) is 2.23. The molecule has 1 aromatic heterocycles. The van der Waals surface area contributed by atoms with Gasteiger partial charge in [0.1, 0.15) is 5.02 Å². The first-order chi connectivity index (χ1) is 6.50. The summed E-state index contributed by atoms with van der Waals surface area (Å²) >= 11 is 16.8. The summed E-state index contributed by atoms with van der Waals surface area (Å²) in [5, 5.41) is 8.64. The Hall–Kier alpha value is -0.113. The van der Waals surface area contributed by atoms with E-state index in [-0.39, 0.29) is 41.4 Å². The van der Waals surface area contributed by atoms with Gasteiger partial charge in [-0.2, -0.15) is 4.98 Å². The molecule has 0 fully saturated rings. The van der Waals surface area contributed by atoms with Crippen molar-refractivity contribution in [3.63, 3.8) is 0 Å². The third-order valence-corrected chi connectivity index (χ3v) is 2.13. The molecule has 15 heavy (non-hydrogen) atoms. The maximum Gasteiger partial charge on any atom is 1.00 e. The summed E-state index contributed by atoms with van der Waals surface area (Å²) < 4.78 is 4.75. The smallest absolute Gasteiger partial charge is 1.00 e. The molecule has 0 atom stereocenters. The molecule has 1 rings (SSSR count). The number of pyridine rings is 1. The molecule has 0 aromatic carbocycles. The molecule has 0 bridgehead atoms. The summed E-state index contributed by atoms with van der Waals surface area (Å²) in [4.78, 5) is 13.8. The standard InChI is InChI=1S/C7H4Cl3NO3.Li.H/c8-3-1-4(9)7(11-6(3)10)14-2-5(12)13;;/h1H,2H2,(H,12,13);;/q;+1;-1. The van der Waals surface area contributed by atoms with Crippen LogP contribution in [0.15, 0.2) is 6.07 Å². The van der Waals surface area contributed by atoms with Gasteiger partial charge in [0.25, 0.3) is 0 Å². The van der Waals surface area contributed by atoms with Crippen LogP contribution < -0.4 is 23.6 Å². The fourth-order valence-corrected chi connectivity index (χ4v) is 1.20. The molecule has 1 N–H and O–H groups in total. The number of rotatable bonds is 3. The minimum absolute atomic E-state index is 0. The van der Waals surface area contributed by atoms with Crippen LogP contribution in [0.4, 0.5) is 0 Å². The molecule has 8 heteroatoms. The third-order valence-electron chi connectivity index (χ3n) is 1.19. The molecule has 1 heterocycles. The quantitative estimate of drug-likeness (QED) is 0.597. The van der Waals surface area contributed by atoms with Gasteiger partial charge in [0, 0.05) is 0 Å². The monoisotopic (exact) mass is 263 g/mol. The summed E-state index contributed by atoms with van der Waals surface area (Å²) in [6, 6.07) is 1.33. The van der Waals surface area contributed by atoms with Gasteiger partial charge in [0.15, 0.2) is 11.8 Å². The van der Waals surface area contributed by atoms with Crippen LogP contribution >= 0.6 is 34.8 Å². The predicted octanol–water partition coefficient (Wildman–Crippen LogP) is -0.378. The first-order valence-electron chi connectivity index (χ1n) is 3.37. The Morgan fingerprint density at radius 3 is 2.60 bits per heavy atom. The van der Waals surface area contributed by atoms with Crippen molar-refractivity contribution in [1.29, 1.82) is 0 Å². The van der Waals surface area contributed by atoms with Crippen LogP contribution in [0, 0.1) is 0 Å². The van der Waals surface area contributed by atoms with Crippen molar-refractivity contribution in [3.8, 4) is 5.88 Å².